The van der Waals surface area contributed by atoms with Gasteiger partial charge in [-0.2, -0.15) is 0 Å². The van der Waals surface area contributed by atoms with E-state index >= 15 is 0 Å². The first-order chi connectivity index (χ1) is 8.20. The first-order valence-corrected chi connectivity index (χ1v) is 6.30. The lowest BCUT2D eigenvalue weighted by atomic mass is 10.1. The van der Waals surface area contributed by atoms with Crippen molar-refractivity contribution in [1.82, 2.24) is 5.32 Å². The smallest absolute Gasteiger partial charge is 0.128 e. The van der Waals surface area contributed by atoms with Crippen molar-refractivity contribution in [2.45, 2.75) is 44.7 Å². The largest absolute Gasteiger partial charge is 0.497 e. The van der Waals surface area contributed by atoms with Gasteiger partial charge in [-0.15, -0.1) is 0 Å². The number of hydrogen-bond acceptors (Lipinski definition) is 2. The zero-order chi connectivity index (χ0) is 12.3. The van der Waals surface area contributed by atoms with Gasteiger partial charge in [0.1, 0.15) is 11.6 Å². The molecule has 0 spiro atoms. The Hall–Kier alpha value is -1.09. The molecule has 0 aliphatic heterocycles. The molecular weight excluding hydrogens is 217 g/mol. The van der Waals surface area contributed by atoms with Crippen LogP contribution in [0.1, 0.15) is 44.2 Å². The van der Waals surface area contributed by atoms with E-state index in [2.05, 4.69) is 5.32 Å². The molecular formula is C14H20FNO. The van der Waals surface area contributed by atoms with Gasteiger partial charge in [-0.3, -0.25) is 0 Å². The second-order valence-electron chi connectivity index (χ2n) is 4.76. The monoisotopic (exact) mass is 237 g/mol. The van der Waals surface area contributed by atoms with Gasteiger partial charge in [0.05, 0.1) is 7.11 Å². The van der Waals surface area contributed by atoms with Crippen molar-refractivity contribution in [2.24, 2.45) is 0 Å². The van der Waals surface area contributed by atoms with Crippen LogP contribution in [0.15, 0.2) is 18.2 Å². The molecule has 1 aliphatic carbocycles. The summed E-state index contributed by atoms with van der Waals surface area (Å²) in [7, 11) is 1.60. The molecule has 0 heterocycles. The standard InChI is InChI=1S/C14H20FNO/c1-10(16-11-5-3-4-6-11)13-9-12(17-2)7-8-14(13)15/h7-11,16H,3-6H2,1-2H3/t10-/m1/s1. The molecule has 1 aliphatic rings. The van der Waals surface area contributed by atoms with Crippen molar-refractivity contribution in [3.63, 3.8) is 0 Å². The van der Waals surface area contributed by atoms with Crippen molar-refractivity contribution in [1.29, 1.82) is 0 Å². The molecule has 0 aromatic heterocycles. The Labute approximate surface area is 102 Å². The van der Waals surface area contributed by atoms with Gasteiger partial charge in [-0.25, -0.2) is 4.39 Å². The molecule has 0 bridgehead atoms. The molecule has 0 radical (unpaired) electrons. The number of methoxy groups -OCH3 is 1. The molecule has 1 aromatic carbocycles. The van der Waals surface area contributed by atoms with Crippen LogP contribution in [0.3, 0.4) is 0 Å². The normalized spacial score (nSPS) is 18.3. The van der Waals surface area contributed by atoms with E-state index in [0.29, 0.717) is 17.4 Å². The molecule has 1 saturated carbocycles. The highest BCUT2D eigenvalue weighted by molar-refractivity contribution is 5.31. The maximum atomic E-state index is 13.7. The van der Waals surface area contributed by atoms with E-state index in [-0.39, 0.29) is 11.9 Å². The van der Waals surface area contributed by atoms with E-state index in [1.54, 1.807) is 19.2 Å². The third-order valence-corrected chi connectivity index (χ3v) is 3.51. The Kier molecular flexibility index (Phi) is 4.00. The maximum absolute atomic E-state index is 13.7. The summed E-state index contributed by atoms with van der Waals surface area (Å²) in [5.41, 5.74) is 0.691. The first-order valence-electron chi connectivity index (χ1n) is 6.30. The maximum Gasteiger partial charge on any atom is 0.128 e. The fraction of sp³-hybridized carbons (Fsp3) is 0.571. The zero-order valence-electron chi connectivity index (χ0n) is 10.5. The topological polar surface area (TPSA) is 21.3 Å². The fourth-order valence-corrected chi connectivity index (χ4v) is 2.52. The third-order valence-electron chi connectivity index (χ3n) is 3.51. The molecule has 2 rings (SSSR count). The molecule has 1 atom stereocenters. The summed E-state index contributed by atoms with van der Waals surface area (Å²) < 4.78 is 18.9. The lowest BCUT2D eigenvalue weighted by Gasteiger charge is -2.20. The van der Waals surface area contributed by atoms with Crippen molar-refractivity contribution in [3.05, 3.63) is 29.6 Å². The minimum atomic E-state index is -0.163. The van der Waals surface area contributed by atoms with Gasteiger partial charge in [0, 0.05) is 17.6 Å². The highest BCUT2D eigenvalue weighted by Crippen LogP contribution is 2.25. The summed E-state index contributed by atoms with van der Waals surface area (Å²) in [4.78, 5) is 0. The summed E-state index contributed by atoms with van der Waals surface area (Å²) in [6, 6.07) is 5.48. The number of benzene rings is 1. The minimum absolute atomic E-state index is 0.0354. The van der Waals surface area contributed by atoms with Crippen LogP contribution in [0.4, 0.5) is 4.39 Å². The second kappa shape index (κ2) is 5.50. The zero-order valence-corrected chi connectivity index (χ0v) is 10.5. The molecule has 3 heteroatoms. The number of nitrogens with one attached hydrogen (secondary N) is 1. The van der Waals surface area contributed by atoms with Crippen molar-refractivity contribution < 1.29 is 9.13 Å². The van der Waals surface area contributed by atoms with Gasteiger partial charge in [0.15, 0.2) is 0 Å². The van der Waals surface area contributed by atoms with Crippen molar-refractivity contribution in [3.8, 4) is 5.75 Å². The third kappa shape index (κ3) is 2.97. The second-order valence-corrected chi connectivity index (χ2v) is 4.76. The van der Waals surface area contributed by atoms with Gasteiger partial charge in [-0.05, 0) is 38.0 Å². The van der Waals surface area contributed by atoms with E-state index in [0.717, 1.165) is 0 Å². The van der Waals surface area contributed by atoms with Gasteiger partial charge < -0.3 is 10.1 Å². The van der Waals surface area contributed by atoms with Gasteiger partial charge in [0.2, 0.25) is 0 Å². The van der Waals surface area contributed by atoms with Crippen LogP contribution < -0.4 is 10.1 Å². The van der Waals surface area contributed by atoms with E-state index in [1.165, 1.54) is 31.7 Å². The predicted octanol–water partition coefficient (Wildman–Crippen LogP) is 3.43. The summed E-state index contributed by atoms with van der Waals surface area (Å²) in [5.74, 6) is 0.547. The average Bonchev–Trinajstić information content (AvgIpc) is 2.82. The molecule has 17 heavy (non-hydrogen) atoms. The van der Waals surface area contributed by atoms with Gasteiger partial charge in [0.25, 0.3) is 0 Å². The van der Waals surface area contributed by atoms with Crippen LogP contribution in [0.5, 0.6) is 5.75 Å². The van der Waals surface area contributed by atoms with Crippen LogP contribution in [0.2, 0.25) is 0 Å². The van der Waals surface area contributed by atoms with Gasteiger partial charge >= 0.3 is 0 Å². The average molecular weight is 237 g/mol. The summed E-state index contributed by atoms with van der Waals surface area (Å²) in [6.45, 7) is 2.01. The van der Waals surface area contributed by atoms with Crippen molar-refractivity contribution >= 4 is 0 Å². The highest BCUT2D eigenvalue weighted by atomic mass is 19.1. The lowest BCUT2D eigenvalue weighted by Crippen LogP contribution is -2.29. The Morgan fingerprint density at radius 1 is 1.35 bits per heavy atom. The Morgan fingerprint density at radius 2 is 2.06 bits per heavy atom. The predicted molar refractivity (Wildman–Crippen MR) is 66.8 cm³/mol. The SMILES string of the molecule is COc1ccc(F)c([C@@H](C)NC2CCCC2)c1. The number of hydrogen-bond donors (Lipinski definition) is 1. The molecule has 1 aromatic rings. The molecule has 2 nitrogen and oxygen atoms in total. The molecule has 1 N–H and O–H groups in total. The highest BCUT2D eigenvalue weighted by Gasteiger charge is 2.19. The van der Waals surface area contributed by atoms with Crippen molar-refractivity contribution in [2.75, 3.05) is 7.11 Å². The van der Waals surface area contributed by atoms with Crippen LogP contribution in [0.25, 0.3) is 0 Å². The molecule has 1 fully saturated rings. The summed E-state index contributed by atoms with van der Waals surface area (Å²) in [6.07, 6.45) is 4.97. The van der Waals surface area contributed by atoms with Crippen LogP contribution in [0, 0.1) is 5.82 Å². The lowest BCUT2D eigenvalue weighted by molar-refractivity contribution is 0.407. The first kappa shape index (κ1) is 12.4. The van der Waals surface area contributed by atoms with Crippen LogP contribution in [-0.4, -0.2) is 13.2 Å². The Bertz CT molecular complexity index is 374. The quantitative estimate of drug-likeness (QED) is 0.866. The number of ether oxygens (including phenoxy) is 1. The van der Waals surface area contributed by atoms with E-state index in [1.807, 2.05) is 6.92 Å². The summed E-state index contributed by atoms with van der Waals surface area (Å²) in [5, 5.41) is 3.49. The molecule has 0 unspecified atom stereocenters. The minimum Gasteiger partial charge on any atom is -0.497 e. The van der Waals surface area contributed by atoms with Crippen LogP contribution in [-0.2, 0) is 0 Å². The van der Waals surface area contributed by atoms with E-state index in [4.69, 9.17) is 4.74 Å². The molecule has 94 valence electrons. The fourth-order valence-electron chi connectivity index (χ4n) is 2.52. The summed E-state index contributed by atoms with van der Waals surface area (Å²) >= 11 is 0. The Balaban J connectivity index is 2.08. The van der Waals surface area contributed by atoms with E-state index in [9.17, 15) is 4.39 Å². The molecule has 0 amide bonds. The molecule has 0 saturated heterocycles. The number of rotatable bonds is 4. The van der Waals surface area contributed by atoms with E-state index < -0.39 is 0 Å². The van der Waals surface area contributed by atoms with Crippen LogP contribution >= 0.6 is 0 Å². The van der Waals surface area contributed by atoms with Gasteiger partial charge in [-0.1, -0.05) is 12.8 Å². The number of halogens is 1. The Morgan fingerprint density at radius 3 is 2.71 bits per heavy atom.